The first kappa shape index (κ1) is 12.5. The molecule has 1 atom stereocenters. The maximum atomic E-state index is 12.0. The zero-order valence-corrected chi connectivity index (χ0v) is 11.4. The molecular weight excluding hydrogens is 254 g/mol. The fraction of sp³-hybridized carbons (Fsp3) is 0.417. The second-order valence-electron chi connectivity index (χ2n) is 4.27. The molecule has 1 amide bonds. The summed E-state index contributed by atoms with van der Waals surface area (Å²) < 4.78 is 2.29. The third-order valence-electron chi connectivity index (χ3n) is 2.68. The van der Waals surface area contributed by atoms with Gasteiger partial charge in [-0.15, -0.1) is 22.7 Å². The zero-order chi connectivity index (χ0) is 12.4. The first-order valence-corrected chi connectivity index (χ1v) is 7.20. The van der Waals surface area contributed by atoms with Gasteiger partial charge < -0.3 is 10.4 Å². The summed E-state index contributed by atoms with van der Waals surface area (Å²) in [5.74, 6) is 0.135. The molecule has 17 heavy (non-hydrogen) atoms. The number of hydrogen-bond donors (Lipinski definition) is 2. The van der Waals surface area contributed by atoms with Gasteiger partial charge in [-0.3, -0.25) is 4.79 Å². The van der Waals surface area contributed by atoms with Crippen molar-refractivity contribution >= 4 is 38.0 Å². The quantitative estimate of drug-likeness (QED) is 0.896. The fourth-order valence-corrected chi connectivity index (χ4v) is 3.55. The normalized spacial score (nSPS) is 13.2. The summed E-state index contributed by atoms with van der Waals surface area (Å²) in [6.45, 7) is 3.94. The third kappa shape index (κ3) is 2.68. The highest BCUT2D eigenvalue weighted by atomic mass is 32.1. The molecule has 0 aliphatic heterocycles. The van der Waals surface area contributed by atoms with E-state index in [-0.39, 0.29) is 24.5 Å². The summed E-state index contributed by atoms with van der Waals surface area (Å²) in [6.07, 6.45) is 0. The highest BCUT2D eigenvalue weighted by Gasteiger charge is 2.17. The lowest BCUT2D eigenvalue weighted by molar-refractivity contribution is 0.0901. The van der Waals surface area contributed by atoms with Gasteiger partial charge in [0, 0.05) is 9.40 Å². The van der Waals surface area contributed by atoms with Crippen LogP contribution in [0.25, 0.3) is 9.40 Å². The number of amides is 1. The first-order chi connectivity index (χ1) is 8.11. The van der Waals surface area contributed by atoms with Gasteiger partial charge in [0.05, 0.1) is 17.5 Å². The summed E-state index contributed by atoms with van der Waals surface area (Å²) in [7, 11) is 0. The van der Waals surface area contributed by atoms with Crippen molar-refractivity contribution in [1.29, 1.82) is 0 Å². The molecule has 0 unspecified atom stereocenters. The predicted molar refractivity (Wildman–Crippen MR) is 72.9 cm³/mol. The molecule has 0 aliphatic carbocycles. The Morgan fingerprint density at radius 1 is 1.47 bits per heavy atom. The molecular formula is C12H15NO2S2. The van der Waals surface area contributed by atoms with Crippen molar-refractivity contribution in [3.8, 4) is 0 Å². The van der Waals surface area contributed by atoms with Gasteiger partial charge in [-0.05, 0) is 23.4 Å². The van der Waals surface area contributed by atoms with Crippen molar-refractivity contribution in [1.82, 2.24) is 5.32 Å². The number of nitrogens with one attached hydrogen (secondary N) is 1. The predicted octanol–water partition coefficient (Wildman–Crippen LogP) is 2.71. The molecule has 0 fully saturated rings. The summed E-state index contributed by atoms with van der Waals surface area (Å²) in [5.41, 5.74) is 0. The standard InChI is InChI=1S/C12H15NO2S2/c1-7(2)8(6-14)13-12(15)11-5-10-9(17-11)3-4-16-10/h3-5,7-8,14H,6H2,1-2H3,(H,13,15)/t8-/m1/s1. The van der Waals surface area contributed by atoms with E-state index in [0.29, 0.717) is 4.88 Å². The fourth-order valence-electron chi connectivity index (χ4n) is 1.54. The minimum absolute atomic E-state index is 0.0247. The van der Waals surface area contributed by atoms with Crippen LogP contribution in [0.3, 0.4) is 0 Å². The lowest BCUT2D eigenvalue weighted by Crippen LogP contribution is -2.40. The number of aliphatic hydroxyl groups is 1. The molecule has 3 nitrogen and oxygen atoms in total. The Hall–Kier alpha value is -0.910. The van der Waals surface area contributed by atoms with Crippen LogP contribution in [0.2, 0.25) is 0 Å². The van der Waals surface area contributed by atoms with Crippen molar-refractivity contribution in [3.63, 3.8) is 0 Å². The van der Waals surface area contributed by atoms with Crippen LogP contribution in [0.5, 0.6) is 0 Å². The van der Waals surface area contributed by atoms with Gasteiger partial charge >= 0.3 is 0 Å². The largest absolute Gasteiger partial charge is 0.394 e. The molecule has 0 aliphatic rings. The Morgan fingerprint density at radius 3 is 2.82 bits per heavy atom. The summed E-state index contributed by atoms with van der Waals surface area (Å²) in [6, 6.07) is 3.75. The maximum Gasteiger partial charge on any atom is 0.261 e. The first-order valence-electron chi connectivity index (χ1n) is 5.50. The second kappa shape index (κ2) is 5.16. The number of hydrogen-bond acceptors (Lipinski definition) is 4. The van der Waals surface area contributed by atoms with E-state index in [9.17, 15) is 9.90 Å². The van der Waals surface area contributed by atoms with Gasteiger partial charge in [0.25, 0.3) is 5.91 Å². The lowest BCUT2D eigenvalue weighted by Gasteiger charge is -2.19. The lowest BCUT2D eigenvalue weighted by atomic mass is 10.1. The molecule has 92 valence electrons. The average Bonchev–Trinajstić information content (AvgIpc) is 2.84. The summed E-state index contributed by atoms with van der Waals surface area (Å²) in [5, 5.41) is 14.1. The Bertz CT molecular complexity index is 487. The Kier molecular flexibility index (Phi) is 3.81. The van der Waals surface area contributed by atoms with E-state index < -0.39 is 0 Å². The van der Waals surface area contributed by atoms with Crippen LogP contribution in [0.15, 0.2) is 17.5 Å². The molecule has 2 rings (SSSR count). The van der Waals surface area contributed by atoms with Crippen molar-refractivity contribution < 1.29 is 9.90 Å². The molecule has 2 aromatic heterocycles. The number of aliphatic hydroxyl groups excluding tert-OH is 1. The summed E-state index contributed by atoms with van der Waals surface area (Å²) in [4.78, 5) is 12.7. The Labute approximate surface area is 108 Å². The monoisotopic (exact) mass is 269 g/mol. The van der Waals surface area contributed by atoms with Crippen molar-refractivity contribution in [2.24, 2.45) is 5.92 Å². The van der Waals surface area contributed by atoms with Crippen LogP contribution < -0.4 is 5.32 Å². The number of fused-ring (bicyclic) bond motifs is 1. The SMILES string of the molecule is CC(C)[C@@H](CO)NC(=O)c1cc2sccc2s1. The minimum atomic E-state index is -0.178. The van der Waals surface area contributed by atoms with E-state index >= 15 is 0 Å². The van der Waals surface area contributed by atoms with Crippen LogP contribution in [0.4, 0.5) is 0 Å². The molecule has 0 saturated heterocycles. The molecule has 2 heterocycles. The van der Waals surface area contributed by atoms with Crippen molar-refractivity contribution in [2.45, 2.75) is 19.9 Å². The van der Waals surface area contributed by atoms with Crippen molar-refractivity contribution in [3.05, 3.63) is 22.4 Å². The smallest absolute Gasteiger partial charge is 0.261 e. The molecule has 2 N–H and O–H groups in total. The molecule has 0 bridgehead atoms. The highest BCUT2D eigenvalue weighted by Crippen LogP contribution is 2.29. The van der Waals surface area contributed by atoms with Crippen LogP contribution >= 0.6 is 22.7 Å². The van der Waals surface area contributed by atoms with E-state index in [0.717, 1.165) is 9.40 Å². The van der Waals surface area contributed by atoms with Crippen LogP contribution in [0.1, 0.15) is 23.5 Å². The van der Waals surface area contributed by atoms with Gasteiger partial charge in [0.1, 0.15) is 0 Å². The molecule has 0 aromatic carbocycles. The van der Waals surface area contributed by atoms with E-state index in [2.05, 4.69) is 5.32 Å². The third-order valence-corrected chi connectivity index (χ3v) is 4.77. The van der Waals surface area contributed by atoms with E-state index in [1.54, 1.807) is 11.3 Å². The molecule has 0 spiro atoms. The number of carbonyl (C=O) groups excluding carboxylic acids is 1. The zero-order valence-electron chi connectivity index (χ0n) is 9.77. The van der Waals surface area contributed by atoms with Gasteiger partial charge in [-0.2, -0.15) is 0 Å². The van der Waals surface area contributed by atoms with E-state index in [4.69, 9.17) is 0 Å². The Morgan fingerprint density at radius 2 is 2.24 bits per heavy atom. The number of rotatable bonds is 4. The van der Waals surface area contributed by atoms with Crippen LogP contribution in [-0.4, -0.2) is 23.7 Å². The minimum Gasteiger partial charge on any atom is -0.394 e. The molecule has 5 heteroatoms. The molecule has 2 aromatic rings. The van der Waals surface area contributed by atoms with E-state index in [1.165, 1.54) is 11.3 Å². The van der Waals surface area contributed by atoms with Gasteiger partial charge in [0.2, 0.25) is 0 Å². The molecule has 0 saturated carbocycles. The number of carbonyl (C=O) groups is 1. The van der Waals surface area contributed by atoms with Crippen LogP contribution in [-0.2, 0) is 0 Å². The van der Waals surface area contributed by atoms with Gasteiger partial charge in [-0.1, -0.05) is 13.8 Å². The van der Waals surface area contributed by atoms with Gasteiger partial charge in [0.15, 0.2) is 0 Å². The second-order valence-corrected chi connectivity index (χ2v) is 6.30. The Balaban J connectivity index is 2.12. The number of thiophene rings is 2. The van der Waals surface area contributed by atoms with E-state index in [1.807, 2.05) is 31.4 Å². The highest BCUT2D eigenvalue weighted by molar-refractivity contribution is 7.27. The summed E-state index contributed by atoms with van der Waals surface area (Å²) >= 11 is 3.13. The maximum absolute atomic E-state index is 12.0. The van der Waals surface area contributed by atoms with Gasteiger partial charge in [-0.25, -0.2) is 0 Å². The van der Waals surface area contributed by atoms with Crippen LogP contribution in [0, 0.1) is 5.92 Å². The van der Waals surface area contributed by atoms with Crippen molar-refractivity contribution in [2.75, 3.05) is 6.61 Å². The average molecular weight is 269 g/mol. The topological polar surface area (TPSA) is 49.3 Å². The molecule has 0 radical (unpaired) electrons.